The molecule has 86 valence electrons. The number of halogens is 1. The first-order valence-electron chi connectivity index (χ1n) is 5.75. The standard InChI is InChI=1S/C12H16ClN3/c13-11-6-7-12(16-15-11)14-9-8-10-4-2-1-3-5-10/h4,6-7H,1-3,5,8-9H2,(H,14,16). The molecule has 0 radical (unpaired) electrons. The Morgan fingerprint density at radius 1 is 1.25 bits per heavy atom. The Hall–Kier alpha value is -1.09. The van der Waals surface area contributed by atoms with Gasteiger partial charge in [-0.3, -0.25) is 0 Å². The highest BCUT2D eigenvalue weighted by Gasteiger charge is 2.03. The average Bonchev–Trinajstić information content (AvgIpc) is 2.33. The minimum absolute atomic E-state index is 0.431. The van der Waals surface area contributed by atoms with E-state index in [4.69, 9.17) is 11.6 Å². The molecule has 1 heterocycles. The SMILES string of the molecule is Clc1ccc(NCCC2=CCCCC2)nn1. The molecular formula is C12H16ClN3. The smallest absolute Gasteiger partial charge is 0.151 e. The quantitative estimate of drug-likeness (QED) is 0.816. The summed E-state index contributed by atoms with van der Waals surface area (Å²) in [5.74, 6) is 0.792. The second-order valence-electron chi connectivity index (χ2n) is 4.03. The Bertz CT molecular complexity index is 359. The molecule has 1 N–H and O–H groups in total. The van der Waals surface area contributed by atoms with Crippen molar-refractivity contribution in [3.8, 4) is 0 Å². The van der Waals surface area contributed by atoms with Gasteiger partial charge < -0.3 is 5.32 Å². The van der Waals surface area contributed by atoms with Gasteiger partial charge in [0.05, 0.1) is 0 Å². The molecule has 0 bridgehead atoms. The normalized spacial score (nSPS) is 15.7. The summed E-state index contributed by atoms with van der Waals surface area (Å²) in [5, 5.41) is 11.4. The maximum Gasteiger partial charge on any atom is 0.151 e. The van der Waals surface area contributed by atoms with Gasteiger partial charge in [-0.25, -0.2) is 0 Å². The third-order valence-corrected chi connectivity index (χ3v) is 2.97. The molecule has 0 amide bonds. The van der Waals surface area contributed by atoms with Crippen LogP contribution in [0.5, 0.6) is 0 Å². The predicted molar refractivity (Wildman–Crippen MR) is 66.7 cm³/mol. The van der Waals surface area contributed by atoms with Crippen LogP contribution >= 0.6 is 11.6 Å². The molecular weight excluding hydrogens is 222 g/mol. The number of hydrogen-bond donors (Lipinski definition) is 1. The molecule has 1 aromatic rings. The fraction of sp³-hybridized carbons (Fsp3) is 0.500. The summed E-state index contributed by atoms with van der Waals surface area (Å²) in [6.07, 6.45) is 8.67. The number of allylic oxidation sites excluding steroid dienone is 1. The lowest BCUT2D eigenvalue weighted by Gasteiger charge is -2.12. The zero-order valence-electron chi connectivity index (χ0n) is 9.25. The van der Waals surface area contributed by atoms with E-state index in [-0.39, 0.29) is 0 Å². The van der Waals surface area contributed by atoms with Crippen LogP contribution in [0, 0.1) is 0 Å². The zero-order chi connectivity index (χ0) is 11.2. The van der Waals surface area contributed by atoms with Gasteiger partial charge in [0, 0.05) is 6.54 Å². The first kappa shape index (κ1) is 11.4. The molecule has 0 spiro atoms. The van der Waals surface area contributed by atoms with E-state index in [9.17, 15) is 0 Å². The molecule has 0 fully saturated rings. The molecule has 0 atom stereocenters. The topological polar surface area (TPSA) is 37.8 Å². The first-order valence-corrected chi connectivity index (χ1v) is 6.13. The molecule has 0 saturated heterocycles. The highest BCUT2D eigenvalue weighted by molar-refractivity contribution is 6.29. The summed E-state index contributed by atoms with van der Waals surface area (Å²) >= 11 is 5.66. The molecule has 0 unspecified atom stereocenters. The number of anilines is 1. The van der Waals surface area contributed by atoms with Crippen LogP contribution in [0.2, 0.25) is 5.15 Å². The lowest BCUT2D eigenvalue weighted by molar-refractivity contribution is 0.679. The van der Waals surface area contributed by atoms with E-state index in [2.05, 4.69) is 21.6 Å². The van der Waals surface area contributed by atoms with Crippen LogP contribution in [0.4, 0.5) is 5.82 Å². The monoisotopic (exact) mass is 237 g/mol. The molecule has 2 rings (SSSR count). The zero-order valence-corrected chi connectivity index (χ0v) is 10.0. The Morgan fingerprint density at radius 2 is 2.19 bits per heavy atom. The maximum absolute atomic E-state index is 5.66. The van der Waals surface area contributed by atoms with Crippen LogP contribution in [0.1, 0.15) is 32.1 Å². The molecule has 0 aromatic carbocycles. The van der Waals surface area contributed by atoms with E-state index in [0.29, 0.717) is 5.15 Å². The Kier molecular flexibility index (Phi) is 4.17. The summed E-state index contributed by atoms with van der Waals surface area (Å²) < 4.78 is 0. The Morgan fingerprint density at radius 3 is 2.88 bits per heavy atom. The highest BCUT2D eigenvalue weighted by atomic mass is 35.5. The molecule has 0 aliphatic heterocycles. The van der Waals surface area contributed by atoms with E-state index in [1.54, 1.807) is 11.6 Å². The summed E-state index contributed by atoms with van der Waals surface area (Å²) in [4.78, 5) is 0. The van der Waals surface area contributed by atoms with Crippen molar-refractivity contribution >= 4 is 17.4 Å². The van der Waals surface area contributed by atoms with Crippen LogP contribution in [0.25, 0.3) is 0 Å². The van der Waals surface area contributed by atoms with Crippen molar-refractivity contribution in [2.75, 3.05) is 11.9 Å². The van der Waals surface area contributed by atoms with Crippen molar-refractivity contribution in [1.82, 2.24) is 10.2 Å². The van der Waals surface area contributed by atoms with Crippen LogP contribution in [-0.4, -0.2) is 16.7 Å². The highest BCUT2D eigenvalue weighted by Crippen LogP contribution is 2.19. The molecule has 0 saturated carbocycles. The van der Waals surface area contributed by atoms with Crippen molar-refractivity contribution in [2.24, 2.45) is 0 Å². The predicted octanol–water partition coefficient (Wildman–Crippen LogP) is 3.43. The summed E-state index contributed by atoms with van der Waals surface area (Å²) in [6, 6.07) is 3.60. The molecule has 4 heteroatoms. The van der Waals surface area contributed by atoms with Gasteiger partial charge in [0.15, 0.2) is 5.15 Å². The minimum Gasteiger partial charge on any atom is -0.368 e. The maximum atomic E-state index is 5.66. The number of rotatable bonds is 4. The van der Waals surface area contributed by atoms with Crippen molar-refractivity contribution in [1.29, 1.82) is 0 Å². The fourth-order valence-corrected chi connectivity index (χ4v) is 1.99. The second-order valence-corrected chi connectivity index (χ2v) is 4.41. The fourth-order valence-electron chi connectivity index (χ4n) is 1.89. The summed E-state index contributed by atoms with van der Waals surface area (Å²) in [5.41, 5.74) is 1.57. The second kappa shape index (κ2) is 5.85. The molecule has 1 aliphatic rings. The van der Waals surface area contributed by atoms with Gasteiger partial charge >= 0.3 is 0 Å². The van der Waals surface area contributed by atoms with E-state index in [1.165, 1.54) is 25.7 Å². The summed E-state index contributed by atoms with van der Waals surface area (Å²) in [6.45, 7) is 0.919. The third-order valence-electron chi connectivity index (χ3n) is 2.77. The van der Waals surface area contributed by atoms with Crippen molar-refractivity contribution < 1.29 is 0 Å². The third kappa shape index (κ3) is 3.49. The van der Waals surface area contributed by atoms with Crippen molar-refractivity contribution in [2.45, 2.75) is 32.1 Å². The van der Waals surface area contributed by atoms with Gasteiger partial charge in [-0.2, -0.15) is 0 Å². The lowest BCUT2D eigenvalue weighted by Crippen LogP contribution is -2.06. The summed E-state index contributed by atoms with van der Waals surface area (Å²) in [7, 11) is 0. The van der Waals surface area contributed by atoms with Gasteiger partial charge in [-0.1, -0.05) is 23.3 Å². The minimum atomic E-state index is 0.431. The van der Waals surface area contributed by atoms with Gasteiger partial charge in [-0.15, -0.1) is 10.2 Å². The van der Waals surface area contributed by atoms with E-state index < -0.39 is 0 Å². The van der Waals surface area contributed by atoms with Crippen LogP contribution < -0.4 is 5.32 Å². The van der Waals surface area contributed by atoms with E-state index in [1.807, 2.05) is 6.07 Å². The van der Waals surface area contributed by atoms with Crippen LogP contribution in [0.3, 0.4) is 0 Å². The number of hydrogen-bond acceptors (Lipinski definition) is 3. The molecule has 1 aromatic heterocycles. The average molecular weight is 238 g/mol. The number of aromatic nitrogens is 2. The lowest BCUT2D eigenvalue weighted by atomic mass is 9.97. The molecule has 3 nitrogen and oxygen atoms in total. The van der Waals surface area contributed by atoms with Gasteiger partial charge in [-0.05, 0) is 44.2 Å². The Balaban J connectivity index is 1.75. The first-order chi connectivity index (χ1) is 7.84. The van der Waals surface area contributed by atoms with Crippen molar-refractivity contribution in [3.63, 3.8) is 0 Å². The van der Waals surface area contributed by atoms with Crippen LogP contribution in [0.15, 0.2) is 23.8 Å². The Labute approximate surface area is 101 Å². The number of nitrogens with one attached hydrogen (secondary N) is 1. The van der Waals surface area contributed by atoms with Crippen molar-refractivity contribution in [3.05, 3.63) is 28.9 Å². The van der Waals surface area contributed by atoms with Gasteiger partial charge in [0.2, 0.25) is 0 Å². The molecule has 16 heavy (non-hydrogen) atoms. The number of nitrogens with zero attached hydrogens (tertiary/aromatic N) is 2. The van der Waals surface area contributed by atoms with E-state index >= 15 is 0 Å². The van der Waals surface area contributed by atoms with Gasteiger partial charge in [0.1, 0.15) is 5.82 Å². The largest absolute Gasteiger partial charge is 0.368 e. The van der Waals surface area contributed by atoms with Crippen LogP contribution in [-0.2, 0) is 0 Å². The molecule has 1 aliphatic carbocycles. The van der Waals surface area contributed by atoms with Gasteiger partial charge in [0.25, 0.3) is 0 Å². The van der Waals surface area contributed by atoms with E-state index in [0.717, 1.165) is 18.8 Å².